The molecule has 0 bridgehead atoms. The second-order valence-electron chi connectivity index (χ2n) is 17.7. The molecule has 0 aliphatic carbocycles. The van der Waals surface area contributed by atoms with E-state index in [0.29, 0.717) is 0 Å². The molecule has 6 aromatic rings. The Morgan fingerprint density at radius 3 is 1.31 bits per heavy atom. The number of hydrogen-bond acceptors (Lipinski definition) is 4. The van der Waals surface area contributed by atoms with Gasteiger partial charge in [0.1, 0.15) is 13.1 Å². The lowest BCUT2D eigenvalue weighted by Crippen LogP contribution is -2.46. The van der Waals surface area contributed by atoms with Gasteiger partial charge in [-0.3, -0.25) is 0 Å². The van der Waals surface area contributed by atoms with Crippen LogP contribution in [0.4, 0.5) is 11.4 Å². The van der Waals surface area contributed by atoms with Gasteiger partial charge in [-0.2, -0.15) is 9.13 Å². The van der Waals surface area contributed by atoms with Gasteiger partial charge in [-0.25, -0.2) is 0 Å². The van der Waals surface area contributed by atoms with Crippen molar-refractivity contribution >= 4 is 45.3 Å². The van der Waals surface area contributed by atoms with Crippen molar-refractivity contribution in [3.05, 3.63) is 144 Å². The number of benzene rings is 4. The van der Waals surface area contributed by atoms with Gasteiger partial charge < -0.3 is 28.2 Å². The van der Waals surface area contributed by atoms with Crippen molar-refractivity contribution in [1.82, 2.24) is 0 Å². The third kappa shape index (κ3) is 9.14. The van der Waals surface area contributed by atoms with E-state index in [9.17, 15) is 0 Å². The van der Waals surface area contributed by atoms with Gasteiger partial charge in [0.2, 0.25) is 22.8 Å². The lowest BCUT2D eigenvalue weighted by atomic mass is 10.1. The van der Waals surface area contributed by atoms with E-state index in [1.165, 1.54) is 78.4 Å². The van der Waals surface area contributed by atoms with Crippen LogP contribution in [-0.4, -0.2) is 77.4 Å². The summed E-state index contributed by atoms with van der Waals surface area (Å²) in [5, 5.41) is 2.50. The molecular formula is C51H62N6O2+4. The molecule has 0 N–H and O–H groups in total. The topological polar surface area (TPSA) is 32.7 Å². The van der Waals surface area contributed by atoms with Crippen molar-refractivity contribution in [2.24, 2.45) is 0 Å². The average Bonchev–Trinajstić information content (AvgIpc) is 3.73. The highest BCUT2D eigenvalue weighted by atomic mass is 16.5. The lowest BCUT2D eigenvalue weighted by Gasteiger charge is -2.33. The number of aromatic nitrogens is 2. The number of quaternary nitrogens is 2. The molecule has 304 valence electrons. The van der Waals surface area contributed by atoms with Gasteiger partial charge in [-0.15, -0.1) is 0 Å². The molecule has 8 nitrogen and oxygen atoms in total. The molecular weight excluding hydrogens is 729 g/mol. The zero-order valence-electron chi connectivity index (χ0n) is 36.0. The fourth-order valence-corrected chi connectivity index (χ4v) is 8.81. The van der Waals surface area contributed by atoms with Gasteiger partial charge in [0.15, 0.2) is 23.9 Å². The first kappa shape index (κ1) is 40.1. The summed E-state index contributed by atoms with van der Waals surface area (Å²) in [5.74, 6) is 3.52. The molecule has 8 rings (SSSR count). The Balaban J connectivity index is 0.780. The molecule has 4 heterocycles. The van der Waals surface area contributed by atoms with Crippen molar-refractivity contribution in [1.29, 1.82) is 0 Å². The summed E-state index contributed by atoms with van der Waals surface area (Å²) in [7, 11) is 13.8. The van der Waals surface area contributed by atoms with Crippen molar-refractivity contribution in [2.75, 3.05) is 78.3 Å². The van der Waals surface area contributed by atoms with E-state index in [4.69, 9.17) is 9.47 Å². The Morgan fingerprint density at radius 2 is 0.864 bits per heavy atom. The standard InChI is InChI=1S/C51H62N6O2/c1-52-46-24-11-13-26-48(46)58-50(52)38-40-28-32-54(44-22-9-7-20-42(40)44)30-15-17-34-56(3,4)36-19-37-57(5,6)35-18-16-31-55-33-29-41(43-21-8-10-23-45(43)55)39-51-53(2)47-25-12-14-27-49(47)59-51/h7-14,20-29,32-33,38-39H,15-19,30-31,34-37H2,1-6H3/q+4. The third-order valence-corrected chi connectivity index (χ3v) is 12.4. The maximum Gasteiger partial charge on any atom is 0.213 e. The molecule has 2 aliphatic heterocycles. The minimum atomic E-state index is 0.853. The Labute approximate surface area is 351 Å². The first-order chi connectivity index (χ1) is 28.6. The molecule has 0 saturated carbocycles. The zero-order chi connectivity index (χ0) is 41.0. The Bertz CT molecular complexity index is 2330. The van der Waals surface area contributed by atoms with Gasteiger partial charge in [-0.05, 0) is 47.5 Å². The predicted octanol–water partition coefficient (Wildman–Crippen LogP) is 9.03. The summed E-state index contributed by atoms with van der Waals surface area (Å²) in [6.07, 6.45) is 14.8. The summed E-state index contributed by atoms with van der Waals surface area (Å²) in [5.41, 5.74) is 7.07. The van der Waals surface area contributed by atoms with E-state index >= 15 is 0 Å². The van der Waals surface area contributed by atoms with Gasteiger partial charge in [-0.1, -0.05) is 48.5 Å². The molecule has 0 atom stereocenters. The van der Waals surface area contributed by atoms with Crippen LogP contribution >= 0.6 is 0 Å². The summed E-state index contributed by atoms with van der Waals surface area (Å²) in [6, 6.07) is 38.4. The van der Waals surface area contributed by atoms with Crippen LogP contribution in [0.2, 0.25) is 0 Å². The summed E-state index contributed by atoms with van der Waals surface area (Å²) >= 11 is 0. The summed E-state index contributed by atoms with van der Waals surface area (Å²) in [6.45, 7) is 6.83. The van der Waals surface area contributed by atoms with Gasteiger partial charge in [0.05, 0.1) is 76.5 Å². The molecule has 0 fully saturated rings. The van der Waals surface area contributed by atoms with Crippen LogP contribution in [0, 0.1) is 0 Å². The number of ether oxygens (including phenoxy) is 2. The molecule has 0 amide bonds. The molecule has 0 saturated heterocycles. The van der Waals surface area contributed by atoms with E-state index in [1.54, 1.807) is 0 Å². The molecule has 2 aromatic heterocycles. The van der Waals surface area contributed by atoms with Crippen molar-refractivity contribution in [3.63, 3.8) is 0 Å². The maximum absolute atomic E-state index is 6.21. The van der Waals surface area contributed by atoms with E-state index in [2.05, 4.69) is 171 Å². The number of nitrogens with zero attached hydrogens (tertiary/aromatic N) is 6. The average molecular weight is 791 g/mol. The van der Waals surface area contributed by atoms with E-state index in [0.717, 1.165) is 69.5 Å². The fourth-order valence-electron chi connectivity index (χ4n) is 8.81. The van der Waals surface area contributed by atoms with Crippen LogP contribution in [-0.2, 0) is 13.1 Å². The Morgan fingerprint density at radius 1 is 0.475 bits per heavy atom. The van der Waals surface area contributed by atoms with E-state index in [1.807, 2.05) is 24.3 Å². The van der Waals surface area contributed by atoms with Crippen molar-refractivity contribution in [2.45, 2.75) is 45.2 Å². The van der Waals surface area contributed by atoms with Crippen LogP contribution in [0.15, 0.2) is 133 Å². The van der Waals surface area contributed by atoms with Crippen molar-refractivity contribution in [3.8, 4) is 11.5 Å². The lowest BCUT2D eigenvalue weighted by molar-refractivity contribution is -0.909. The van der Waals surface area contributed by atoms with Gasteiger partial charge in [0.25, 0.3) is 0 Å². The summed E-state index contributed by atoms with van der Waals surface area (Å²) < 4.78 is 19.4. The Hall–Kier alpha value is -5.70. The SMILES string of the molecule is CN1/C(=C/c2cc[n+](CCCC[N+](C)(C)CCC[N+](C)(C)CCCC[n+]3ccc(/C=C4/Oc5ccccc5N4C)c4ccccc43)c3ccccc23)Oc2ccccc21. The van der Waals surface area contributed by atoms with Crippen LogP contribution in [0.25, 0.3) is 34.0 Å². The molecule has 8 heteroatoms. The number of para-hydroxylation sites is 6. The van der Waals surface area contributed by atoms with Crippen LogP contribution in [0.1, 0.15) is 43.2 Å². The second-order valence-corrected chi connectivity index (χ2v) is 17.7. The summed E-state index contributed by atoms with van der Waals surface area (Å²) in [4.78, 5) is 4.25. The number of rotatable bonds is 16. The minimum Gasteiger partial charge on any atom is -0.439 e. The first-order valence-corrected chi connectivity index (χ1v) is 21.5. The molecule has 4 aromatic carbocycles. The predicted molar refractivity (Wildman–Crippen MR) is 242 cm³/mol. The zero-order valence-corrected chi connectivity index (χ0v) is 36.0. The molecule has 0 radical (unpaired) electrons. The highest BCUT2D eigenvalue weighted by Crippen LogP contribution is 2.39. The van der Waals surface area contributed by atoms with Gasteiger partial charge >= 0.3 is 0 Å². The highest BCUT2D eigenvalue weighted by molar-refractivity contribution is 5.88. The second kappa shape index (κ2) is 17.3. The molecule has 59 heavy (non-hydrogen) atoms. The minimum absolute atomic E-state index is 0.853. The maximum atomic E-state index is 6.21. The fraction of sp³-hybridized carbons (Fsp3) is 0.333. The van der Waals surface area contributed by atoms with Crippen LogP contribution < -0.4 is 28.4 Å². The number of pyridine rings is 2. The van der Waals surface area contributed by atoms with E-state index < -0.39 is 0 Å². The molecule has 2 aliphatic rings. The number of hydrogen-bond donors (Lipinski definition) is 0. The number of anilines is 2. The van der Waals surface area contributed by atoms with E-state index in [-0.39, 0.29) is 0 Å². The third-order valence-electron chi connectivity index (χ3n) is 12.4. The van der Waals surface area contributed by atoms with Crippen molar-refractivity contribution < 1.29 is 27.6 Å². The largest absolute Gasteiger partial charge is 0.439 e. The monoisotopic (exact) mass is 790 g/mol. The molecule has 0 unspecified atom stereocenters. The van der Waals surface area contributed by atoms with Crippen LogP contribution in [0.3, 0.4) is 0 Å². The highest BCUT2D eigenvalue weighted by Gasteiger charge is 2.25. The Kier molecular flexibility index (Phi) is 11.7. The first-order valence-electron chi connectivity index (χ1n) is 21.5. The van der Waals surface area contributed by atoms with Gasteiger partial charge in [0, 0.05) is 82.6 Å². The quantitative estimate of drug-likeness (QED) is 0.0557. The number of fused-ring (bicyclic) bond motifs is 4. The normalized spacial score (nSPS) is 15.3. The number of aryl methyl sites for hydroxylation is 2. The molecule has 0 spiro atoms. The van der Waals surface area contributed by atoms with Crippen LogP contribution in [0.5, 0.6) is 11.5 Å². The number of unbranched alkanes of at least 4 members (excludes halogenated alkanes) is 2. The smallest absolute Gasteiger partial charge is 0.213 e.